The summed E-state index contributed by atoms with van der Waals surface area (Å²) >= 11 is 11.8. The fourth-order valence-electron chi connectivity index (χ4n) is 2.57. The number of hydrogen-bond donors (Lipinski definition) is 1. The minimum Gasteiger partial charge on any atom is -0.492 e. The molecule has 1 aromatic rings. The zero-order valence-corrected chi connectivity index (χ0v) is 14.8. The second-order valence-corrected chi connectivity index (χ2v) is 6.78. The summed E-state index contributed by atoms with van der Waals surface area (Å²) in [6.45, 7) is 2.64. The molecule has 1 amide bonds. The summed E-state index contributed by atoms with van der Waals surface area (Å²) < 4.78 is 5.54. The van der Waals surface area contributed by atoms with Gasteiger partial charge in [-0.15, -0.1) is 0 Å². The van der Waals surface area contributed by atoms with Gasteiger partial charge < -0.3 is 4.74 Å². The molecule has 23 heavy (non-hydrogen) atoms. The molecule has 4 nitrogen and oxygen atoms in total. The predicted molar refractivity (Wildman–Crippen MR) is 94.4 cm³/mol. The van der Waals surface area contributed by atoms with Gasteiger partial charge in [0.2, 0.25) is 5.91 Å². The first-order valence-electron chi connectivity index (χ1n) is 7.96. The molecule has 1 N–H and O–H groups in total. The molecule has 0 aliphatic heterocycles. The van der Waals surface area contributed by atoms with Crippen molar-refractivity contribution in [2.75, 3.05) is 6.61 Å². The Labute approximate surface area is 147 Å². The number of nitrogens with one attached hydrogen (secondary N) is 1. The maximum Gasteiger partial charge on any atom is 0.240 e. The van der Waals surface area contributed by atoms with Gasteiger partial charge >= 0.3 is 0 Å². The van der Waals surface area contributed by atoms with Crippen molar-refractivity contribution in [1.82, 2.24) is 5.43 Å². The van der Waals surface area contributed by atoms with E-state index in [1.165, 1.54) is 6.42 Å². The molecule has 1 aliphatic carbocycles. The van der Waals surface area contributed by atoms with Crippen molar-refractivity contribution in [2.45, 2.75) is 45.4 Å². The Morgan fingerprint density at radius 3 is 3.00 bits per heavy atom. The van der Waals surface area contributed by atoms with Crippen LogP contribution in [0.1, 0.15) is 45.4 Å². The number of amides is 1. The second kappa shape index (κ2) is 9.14. The smallest absolute Gasteiger partial charge is 0.240 e. The van der Waals surface area contributed by atoms with Crippen LogP contribution in [0.4, 0.5) is 0 Å². The zero-order valence-electron chi connectivity index (χ0n) is 13.3. The molecule has 6 heteroatoms. The van der Waals surface area contributed by atoms with Crippen molar-refractivity contribution in [3.8, 4) is 5.75 Å². The van der Waals surface area contributed by atoms with Crippen LogP contribution in [0.15, 0.2) is 23.3 Å². The summed E-state index contributed by atoms with van der Waals surface area (Å²) in [5.41, 5.74) is 3.74. The van der Waals surface area contributed by atoms with E-state index in [0.717, 1.165) is 25.0 Å². The monoisotopic (exact) mass is 356 g/mol. The highest BCUT2D eigenvalue weighted by molar-refractivity contribution is 6.35. The molecule has 126 valence electrons. The maximum absolute atomic E-state index is 11.8. The van der Waals surface area contributed by atoms with E-state index in [4.69, 9.17) is 27.9 Å². The van der Waals surface area contributed by atoms with Crippen LogP contribution in [-0.4, -0.2) is 18.2 Å². The van der Waals surface area contributed by atoms with Gasteiger partial charge in [-0.05, 0) is 56.2 Å². The standard InChI is InChI=1S/C17H22Cl2N2O2/c1-12-4-2-5-14(10-12)20-21-17(22)6-3-9-23-16-8-7-13(18)11-15(16)19/h7-8,11-12H,2-6,9-10H2,1H3,(H,21,22)/b20-14-. The third-order valence-electron chi connectivity index (χ3n) is 3.78. The first kappa shape index (κ1) is 18.1. The lowest BCUT2D eigenvalue weighted by atomic mass is 9.89. The Bertz CT molecular complexity index is 576. The Hall–Kier alpha value is -1.26. The normalized spacial score (nSPS) is 19.6. The minimum absolute atomic E-state index is 0.0819. The summed E-state index contributed by atoms with van der Waals surface area (Å²) in [7, 11) is 0. The largest absolute Gasteiger partial charge is 0.492 e. The van der Waals surface area contributed by atoms with Gasteiger partial charge in [-0.25, -0.2) is 5.43 Å². The van der Waals surface area contributed by atoms with Crippen LogP contribution in [0.3, 0.4) is 0 Å². The van der Waals surface area contributed by atoms with Crippen LogP contribution in [0, 0.1) is 5.92 Å². The number of ether oxygens (including phenoxy) is 1. The highest BCUT2D eigenvalue weighted by Gasteiger charge is 2.14. The Balaban J connectivity index is 1.65. The number of benzene rings is 1. The van der Waals surface area contributed by atoms with E-state index >= 15 is 0 Å². The molecule has 1 aromatic carbocycles. The lowest BCUT2D eigenvalue weighted by molar-refractivity contribution is -0.121. The lowest BCUT2D eigenvalue weighted by Gasteiger charge is -2.18. The molecule has 0 radical (unpaired) electrons. The fraction of sp³-hybridized carbons (Fsp3) is 0.529. The van der Waals surface area contributed by atoms with Crippen LogP contribution < -0.4 is 10.2 Å². The Morgan fingerprint density at radius 1 is 1.43 bits per heavy atom. The van der Waals surface area contributed by atoms with E-state index in [-0.39, 0.29) is 5.91 Å². The van der Waals surface area contributed by atoms with Crippen LogP contribution in [0.2, 0.25) is 10.0 Å². The van der Waals surface area contributed by atoms with Gasteiger partial charge in [0.1, 0.15) is 5.75 Å². The average molecular weight is 357 g/mol. The number of rotatable bonds is 6. The van der Waals surface area contributed by atoms with Crippen molar-refractivity contribution in [3.63, 3.8) is 0 Å². The van der Waals surface area contributed by atoms with E-state index < -0.39 is 0 Å². The van der Waals surface area contributed by atoms with E-state index in [9.17, 15) is 4.79 Å². The first-order valence-corrected chi connectivity index (χ1v) is 8.72. The third kappa shape index (κ3) is 6.40. The molecular formula is C17H22Cl2N2O2. The Morgan fingerprint density at radius 2 is 2.26 bits per heavy atom. The van der Waals surface area contributed by atoms with Crippen LogP contribution in [-0.2, 0) is 4.79 Å². The second-order valence-electron chi connectivity index (χ2n) is 5.94. The molecule has 1 unspecified atom stereocenters. The summed E-state index contributed by atoms with van der Waals surface area (Å²) in [5, 5.41) is 5.27. The molecular weight excluding hydrogens is 335 g/mol. The van der Waals surface area contributed by atoms with E-state index in [1.807, 2.05) is 0 Å². The topological polar surface area (TPSA) is 50.7 Å². The molecule has 0 saturated heterocycles. The van der Waals surface area contributed by atoms with Crippen molar-refractivity contribution in [1.29, 1.82) is 0 Å². The summed E-state index contributed by atoms with van der Waals surface area (Å²) in [5.74, 6) is 1.16. The van der Waals surface area contributed by atoms with Crippen LogP contribution in [0.25, 0.3) is 0 Å². The van der Waals surface area contributed by atoms with E-state index in [0.29, 0.717) is 41.2 Å². The number of carbonyl (C=O) groups is 1. The lowest BCUT2D eigenvalue weighted by Crippen LogP contribution is -2.22. The van der Waals surface area contributed by atoms with Crippen LogP contribution >= 0.6 is 23.2 Å². The van der Waals surface area contributed by atoms with Gasteiger partial charge in [0.15, 0.2) is 0 Å². The zero-order chi connectivity index (χ0) is 16.7. The van der Waals surface area contributed by atoms with Crippen molar-refractivity contribution in [3.05, 3.63) is 28.2 Å². The molecule has 1 saturated carbocycles. The molecule has 0 bridgehead atoms. The quantitative estimate of drug-likeness (QED) is 0.585. The van der Waals surface area contributed by atoms with Gasteiger partial charge in [-0.2, -0.15) is 5.10 Å². The Kier molecular flexibility index (Phi) is 7.18. The summed E-state index contributed by atoms with van der Waals surface area (Å²) in [4.78, 5) is 11.8. The molecule has 0 heterocycles. The maximum atomic E-state index is 11.8. The van der Waals surface area contributed by atoms with Crippen molar-refractivity contribution >= 4 is 34.8 Å². The molecule has 1 aliphatic rings. The molecule has 0 aromatic heterocycles. The number of halogens is 2. The van der Waals surface area contributed by atoms with Crippen molar-refractivity contribution in [2.24, 2.45) is 11.0 Å². The van der Waals surface area contributed by atoms with Gasteiger partial charge in [0, 0.05) is 17.2 Å². The number of hydrogen-bond acceptors (Lipinski definition) is 3. The molecule has 2 rings (SSSR count). The SMILES string of the molecule is CC1CCC/C(=N/NC(=O)CCCOc2ccc(Cl)cc2Cl)C1. The average Bonchev–Trinajstić information content (AvgIpc) is 2.51. The molecule has 1 fully saturated rings. The highest BCUT2D eigenvalue weighted by Crippen LogP contribution is 2.27. The summed E-state index contributed by atoms with van der Waals surface area (Å²) in [6.07, 6.45) is 5.36. The predicted octanol–water partition coefficient (Wildman–Crippen LogP) is 4.83. The minimum atomic E-state index is -0.0819. The molecule has 1 atom stereocenters. The third-order valence-corrected chi connectivity index (χ3v) is 4.32. The number of hydrazone groups is 1. The van der Waals surface area contributed by atoms with E-state index in [2.05, 4.69) is 17.5 Å². The number of nitrogens with zero attached hydrogens (tertiary/aromatic N) is 1. The fourth-order valence-corrected chi connectivity index (χ4v) is 3.03. The number of carbonyl (C=O) groups excluding carboxylic acids is 1. The molecule has 0 spiro atoms. The van der Waals surface area contributed by atoms with E-state index in [1.54, 1.807) is 18.2 Å². The van der Waals surface area contributed by atoms with Gasteiger partial charge in [-0.3, -0.25) is 4.79 Å². The first-order chi connectivity index (χ1) is 11.0. The van der Waals surface area contributed by atoms with Gasteiger partial charge in [0.05, 0.1) is 11.6 Å². The summed E-state index contributed by atoms with van der Waals surface area (Å²) in [6, 6.07) is 5.07. The highest BCUT2D eigenvalue weighted by atomic mass is 35.5. The van der Waals surface area contributed by atoms with Crippen LogP contribution in [0.5, 0.6) is 5.75 Å². The van der Waals surface area contributed by atoms with Gasteiger partial charge in [-0.1, -0.05) is 30.1 Å². The van der Waals surface area contributed by atoms with Gasteiger partial charge in [0.25, 0.3) is 0 Å². The van der Waals surface area contributed by atoms with Crippen molar-refractivity contribution < 1.29 is 9.53 Å².